The number of benzene rings is 3. The zero-order valence-corrected chi connectivity index (χ0v) is 36.9. The molecule has 2 fully saturated rings. The molecule has 0 saturated carbocycles. The van der Waals surface area contributed by atoms with E-state index in [4.69, 9.17) is 0 Å². The van der Waals surface area contributed by atoms with Gasteiger partial charge in [-0.05, 0) is 68.3 Å². The summed E-state index contributed by atoms with van der Waals surface area (Å²) in [6, 6.07) is 17.4. The SMILES string of the molecule is CN(c1ccccc1C=Nc1nc(Nc2ccc(N3CCN(CCCCC(=O)NCCNc4cccc5c4C(=O)N([C@@H]4CCC(=O)NC4=O)C5=O)CC3)cc2)ncc1C(F)(F)F)S(C)(=O)=O. The molecule has 3 aliphatic rings. The number of halogens is 3. The van der Waals surface area contributed by atoms with Gasteiger partial charge in [-0.2, -0.15) is 18.2 Å². The van der Waals surface area contributed by atoms with Crippen molar-refractivity contribution in [2.75, 3.05) is 79.0 Å². The number of anilines is 5. The van der Waals surface area contributed by atoms with Gasteiger partial charge >= 0.3 is 6.18 Å². The highest BCUT2D eigenvalue weighted by atomic mass is 32.2. The lowest BCUT2D eigenvalue weighted by molar-refractivity contribution is -0.138. The lowest BCUT2D eigenvalue weighted by Crippen LogP contribution is -2.54. The summed E-state index contributed by atoms with van der Waals surface area (Å²) in [6.07, 6.45) is -0.0387. The van der Waals surface area contributed by atoms with Gasteiger partial charge in [0.2, 0.25) is 33.7 Å². The van der Waals surface area contributed by atoms with E-state index in [0.717, 1.165) is 66.5 Å². The number of piperazine rings is 1. The first-order valence-corrected chi connectivity index (χ1v) is 23.0. The van der Waals surface area contributed by atoms with Crippen LogP contribution in [0.15, 0.2) is 77.9 Å². The van der Waals surface area contributed by atoms with Crippen molar-refractivity contribution >= 4 is 80.3 Å². The number of carbonyl (C=O) groups is 5. The zero-order chi connectivity index (χ0) is 47.2. The molecule has 5 amide bonds. The van der Waals surface area contributed by atoms with Crippen LogP contribution in [0.4, 0.5) is 47.7 Å². The Kier molecular flexibility index (Phi) is 14.3. The van der Waals surface area contributed by atoms with Crippen molar-refractivity contribution in [2.24, 2.45) is 4.99 Å². The van der Waals surface area contributed by atoms with Crippen LogP contribution in [0.2, 0.25) is 0 Å². The Bertz CT molecular complexity index is 2640. The number of hydrogen-bond donors (Lipinski definition) is 4. The van der Waals surface area contributed by atoms with Crippen molar-refractivity contribution in [3.8, 4) is 0 Å². The van der Waals surface area contributed by atoms with Gasteiger partial charge in [-0.15, -0.1) is 0 Å². The van der Waals surface area contributed by atoms with Crippen molar-refractivity contribution in [3.63, 3.8) is 0 Å². The smallest absolute Gasteiger partial charge is 0.383 e. The van der Waals surface area contributed by atoms with E-state index in [9.17, 15) is 45.6 Å². The predicted molar refractivity (Wildman–Crippen MR) is 241 cm³/mol. The Morgan fingerprint density at radius 1 is 0.955 bits per heavy atom. The van der Waals surface area contributed by atoms with E-state index in [1.165, 1.54) is 25.2 Å². The number of amides is 5. The number of piperidine rings is 1. The molecule has 0 spiro atoms. The van der Waals surface area contributed by atoms with Gasteiger partial charge in [-0.3, -0.25) is 43.4 Å². The number of alkyl halides is 3. The third-order valence-corrected chi connectivity index (χ3v) is 12.6. The average Bonchev–Trinajstić information content (AvgIpc) is 3.54. The van der Waals surface area contributed by atoms with Gasteiger partial charge in [-0.25, -0.2) is 18.4 Å². The van der Waals surface area contributed by atoms with Crippen molar-refractivity contribution < 1.29 is 45.6 Å². The largest absolute Gasteiger partial charge is 0.421 e. The summed E-state index contributed by atoms with van der Waals surface area (Å²) >= 11 is 0. The minimum absolute atomic E-state index is 0.0291. The predicted octanol–water partition coefficient (Wildman–Crippen LogP) is 4.31. The van der Waals surface area contributed by atoms with Crippen molar-refractivity contribution in [1.82, 2.24) is 30.4 Å². The lowest BCUT2D eigenvalue weighted by Gasteiger charge is -2.36. The first-order valence-electron chi connectivity index (χ1n) is 21.2. The molecule has 4 N–H and O–H groups in total. The maximum Gasteiger partial charge on any atom is 0.421 e. The summed E-state index contributed by atoms with van der Waals surface area (Å²) in [6.45, 7) is 4.58. The van der Waals surface area contributed by atoms with Crippen LogP contribution in [-0.4, -0.2) is 129 Å². The number of fused-ring (bicyclic) bond motifs is 1. The number of sulfonamides is 1. The molecule has 1 aromatic heterocycles. The molecule has 0 unspecified atom stereocenters. The second-order valence-corrected chi connectivity index (χ2v) is 17.9. The molecule has 0 bridgehead atoms. The normalized spacial score (nSPS) is 17.0. The van der Waals surface area contributed by atoms with Crippen LogP contribution in [0.5, 0.6) is 0 Å². The molecule has 7 rings (SSSR count). The highest BCUT2D eigenvalue weighted by molar-refractivity contribution is 7.92. The van der Waals surface area contributed by atoms with E-state index in [2.05, 4.69) is 46.0 Å². The highest BCUT2D eigenvalue weighted by Crippen LogP contribution is 2.36. The number of hydrogen-bond acceptors (Lipinski definition) is 14. The summed E-state index contributed by atoms with van der Waals surface area (Å²) in [4.78, 5) is 80.3. The molecule has 18 nitrogen and oxygen atoms in total. The molecule has 3 aliphatic heterocycles. The molecule has 4 heterocycles. The van der Waals surface area contributed by atoms with E-state index < -0.39 is 57.3 Å². The Morgan fingerprint density at radius 2 is 1.70 bits per heavy atom. The Balaban J connectivity index is 0.824. The zero-order valence-electron chi connectivity index (χ0n) is 36.1. The molecule has 4 aromatic rings. The van der Waals surface area contributed by atoms with E-state index in [-0.39, 0.29) is 53.6 Å². The molecule has 0 radical (unpaired) electrons. The first kappa shape index (κ1) is 47.0. The fourth-order valence-electron chi connectivity index (χ4n) is 7.81. The third kappa shape index (κ3) is 11.1. The van der Waals surface area contributed by atoms with Gasteiger partial charge in [-0.1, -0.05) is 24.3 Å². The topological polar surface area (TPSA) is 219 Å². The number of aromatic nitrogens is 2. The Hall–Kier alpha value is -6.94. The third-order valence-electron chi connectivity index (χ3n) is 11.4. The van der Waals surface area contributed by atoms with Gasteiger partial charge in [0.15, 0.2) is 5.82 Å². The molecular formula is C44H48F3N11O7S. The number of nitrogens with zero attached hydrogens (tertiary/aromatic N) is 7. The number of imide groups is 2. The molecule has 1 atom stereocenters. The Morgan fingerprint density at radius 3 is 2.41 bits per heavy atom. The van der Waals surface area contributed by atoms with Gasteiger partial charge < -0.3 is 20.9 Å². The number of unbranched alkanes of at least 4 members (excludes halogenated alkanes) is 1. The van der Waals surface area contributed by atoms with Gasteiger partial charge in [0.05, 0.1) is 23.1 Å². The average molecular weight is 932 g/mol. The number of nitrogens with one attached hydrogen (secondary N) is 4. The van der Waals surface area contributed by atoms with E-state index >= 15 is 0 Å². The summed E-state index contributed by atoms with van der Waals surface area (Å²) in [7, 11) is -2.32. The maximum atomic E-state index is 13.9. The minimum Gasteiger partial charge on any atom is -0.383 e. The van der Waals surface area contributed by atoms with Crippen LogP contribution in [0.1, 0.15) is 63.9 Å². The number of carbonyl (C=O) groups excluding carboxylic acids is 5. The molecule has 22 heteroatoms. The Labute approximate surface area is 378 Å². The summed E-state index contributed by atoms with van der Waals surface area (Å²) in [5, 5.41) is 11.1. The molecule has 66 heavy (non-hydrogen) atoms. The molecular weight excluding hydrogens is 884 g/mol. The molecule has 348 valence electrons. The fraction of sp³-hybridized carbons (Fsp3) is 0.364. The van der Waals surface area contributed by atoms with E-state index in [1.807, 2.05) is 12.1 Å². The quantitative estimate of drug-likeness (QED) is 0.0661. The lowest BCUT2D eigenvalue weighted by atomic mass is 10.0. The van der Waals surface area contributed by atoms with Crippen molar-refractivity contribution in [1.29, 1.82) is 0 Å². The van der Waals surface area contributed by atoms with Crippen LogP contribution in [0, 0.1) is 0 Å². The molecule has 0 aliphatic carbocycles. The second kappa shape index (κ2) is 20.1. The second-order valence-electron chi connectivity index (χ2n) is 15.9. The van der Waals surface area contributed by atoms with Crippen LogP contribution in [0.3, 0.4) is 0 Å². The highest BCUT2D eigenvalue weighted by Gasteiger charge is 2.45. The first-order chi connectivity index (χ1) is 31.5. The molecule has 3 aromatic carbocycles. The summed E-state index contributed by atoms with van der Waals surface area (Å²) in [5.74, 6) is -3.19. The molecule has 2 saturated heterocycles. The summed E-state index contributed by atoms with van der Waals surface area (Å²) < 4.78 is 67.0. The summed E-state index contributed by atoms with van der Waals surface area (Å²) in [5.41, 5.74) is 1.59. The standard InChI is InChI=1S/C44H48F3N11O7S/c1-55(66(2,64)65)34-11-4-3-8-28(34)26-50-39-32(44(45,46)47)27-51-43(54-39)52-29-13-15-30(16-14-29)57-24-22-56(23-25-57)21-6-5-12-36(59)49-20-19-48-33-10-7-9-31-38(33)42(63)58(41(31)62)35-17-18-37(60)53-40(35)61/h3-4,7-11,13-16,26-27,35,48H,5-6,12,17-25H2,1-2H3,(H,49,59)(H,51,52,54)(H,53,60,61)/t35-/m1/s1. The van der Waals surface area contributed by atoms with Gasteiger partial charge in [0, 0.05) is 94.2 Å². The maximum absolute atomic E-state index is 13.9. The van der Waals surface area contributed by atoms with Crippen LogP contribution >= 0.6 is 0 Å². The van der Waals surface area contributed by atoms with Crippen molar-refractivity contribution in [2.45, 2.75) is 44.3 Å². The van der Waals surface area contributed by atoms with Crippen LogP contribution < -0.4 is 30.5 Å². The van der Waals surface area contributed by atoms with Crippen LogP contribution in [-0.2, 0) is 30.6 Å². The van der Waals surface area contributed by atoms with Gasteiger partial charge in [0.1, 0.15) is 11.6 Å². The number of rotatable bonds is 17. The minimum atomic E-state index is -4.80. The van der Waals surface area contributed by atoms with Gasteiger partial charge in [0.25, 0.3) is 11.8 Å². The fourth-order valence-corrected chi connectivity index (χ4v) is 8.33. The van der Waals surface area contributed by atoms with E-state index in [0.29, 0.717) is 37.0 Å². The number of aliphatic imine (C=N–C) groups is 1. The monoisotopic (exact) mass is 931 g/mol. The number of para-hydroxylation sites is 1. The van der Waals surface area contributed by atoms with E-state index in [1.54, 1.807) is 36.4 Å². The van der Waals surface area contributed by atoms with Crippen molar-refractivity contribution in [3.05, 3.63) is 95.2 Å². The van der Waals surface area contributed by atoms with Crippen LogP contribution in [0.25, 0.3) is 0 Å².